The molecule has 5 heteroatoms. The second-order valence-electron chi connectivity index (χ2n) is 5.37. The maximum absolute atomic E-state index is 12.0. The van der Waals surface area contributed by atoms with Gasteiger partial charge in [0.05, 0.1) is 26.2 Å². The van der Waals surface area contributed by atoms with Crippen LogP contribution in [0.25, 0.3) is 0 Å². The molecule has 98 valence electrons. The Hall–Kier alpha value is -1.75. The normalized spacial score (nSPS) is 22.6. The monoisotopic (exact) mass is 251 g/mol. The van der Waals surface area contributed by atoms with Crippen LogP contribution in [0.3, 0.4) is 0 Å². The molecule has 1 unspecified atom stereocenters. The van der Waals surface area contributed by atoms with Crippen molar-refractivity contribution < 1.29 is 19.5 Å². The van der Waals surface area contributed by atoms with Crippen LogP contribution in [0.5, 0.6) is 11.5 Å². The summed E-state index contributed by atoms with van der Waals surface area (Å²) in [5.41, 5.74) is 1.16. The molecular formula is C13H19N2O3+. The van der Waals surface area contributed by atoms with E-state index in [0.29, 0.717) is 17.7 Å². The van der Waals surface area contributed by atoms with Gasteiger partial charge in [0.1, 0.15) is 17.5 Å². The number of amides is 2. The molecule has 1 atom stereocenters. The minimum absolute atomic E-state index is 0.0186. The van der Waals surface area contributed by atoms with Crippen LogP contribution in [0.4, 0.5) is 4.79 Å². The van der Waals surface area contributed by atoms with Gasteiger partial charge in [-0.2, -0.15) is 0 Å². The minimum atomic E-state index is -0.123. The highest BCUT2D eigenvalue weighted by Gasteiger charge is 2.48. The lowest BCUT2D eigenvalue weighted by atomic mass is 10.0. The van der Waals surface area contributed by atoms with E-state index < -0.39 is 0 Å². The van der Waals surface area contributed by atoms with Gasteiger partial charge in [-0.1, -0.05) is 0 Å². The molecule has 18 heavy (non-hydrogen) atoms. The number of phenols is 2. The molecule has 0 saturated carbocycles. The van der Waals surface area contributed by atoms with Gasteiger partial charge < -0.3 is 10.2 Å². The Morgan fingerprint density at radius 1 is 1.33 bits per heavy atom. The van der Waals surface area contributed by atoms with Gasteiger partial charge in [-0.05, 0) is 19.1 Å². The number of nitrogens with zero attached hydrogens (tertiary/aromatic N) is 2. The van der Waals surface area contributed by atoms with Gasteiger partial charge in [0, 0.05) is 12.6 Å². The summed E-state index contributed by atoms with van der Waals surface area (Å²) < 4.78 is 0.175. The Morgan fingerprint density at radius 2 is 1.94 bits per heavy atom. The summed E-state index contributed by atoms with van der Waals surface area (Å²) in [6, 6.07) is 3.15. The van der Waals surface area contributed by atoms with Crippen LogP contribution in [0.1, 0.15) is 17.2 Å². The van der Waals surface area contributed by atoms with Crippen molar-refractivity contribution in [2.75, 3.05) is 27.7 Å². The van der Waals surface area contributed by atoms with Gasteiger partial charge in [0.15, 0.2) is 0 Å². The van der Waals surface area contributed by atoms with Crippen molar-refractivity contribution in [1.82, 2.24) is 4.90 Å². The van der Waals surface area contributed by atoms with E-state index >= 15 is 0 Å². The third-order valence-electron chi connectivity index (χ3n) is 3.84. The topological polar surface area (TPSA) is 60.8 Å². The first-order chi connectivity index (χ1) is 8.26. The summed E-state index contributed by atoms with van der Waals surface area (Å²) in [5.74, 6) is 0.147. The fraction of sp³-hybridized carbons (Fsp3) is 0.462. The van der Waals surface area contributed by atoms with Gasteiger partial charge in [0.2, 0.25) is 0 Å². The summed E-state index contributed by atoms with van der Waals surface area (Å²) in [5, 5.41) is 19.7. The zero-order valence-electron chi connectivity index (χ0n) is 11.1. The highest BCUT2D eigenvalue weighted by Crippen LogP contribution is 2.40. The first-order valence-corrected chi connectivity index (χ1v) is 5.87. The number of likely N-dealkylation sites (N-methyl/N-ethyl adjacent to an activating group) is 2. The van der Waals surface area contributed by atoms with Crippen molar-refractivity contribution in [1.29, 1.82) is 0 Å². The van der Waals surface area contributed by atoms with E-state index in [4.69, 9.17) is 0 Å². The number of hydrogen-bond acceptors (Lipinski definition) is 3. The Bertz CT molecular complexity index is 511. The van der Waals surface area contributed by atoms with Gasteiger partial charge in [-0.3, -0.25) is 4.90 Å². The van der Waals surface area contributed by atoms with Gasteiger partial charge in [-0.15, -0.1) is 0 Å². The van der Waals surface area contributed by atoms with Crippen molar-refractivity contribution in [3.63, 3.8) is 0 Å². The Balaban J connectivity index is 2.51. The lowest BCUT2D eigenvalue weighted by Crippen LogP contribution is -2.44. The van der Waals surface area contributed by atoms with E-state index in [1.165, 1.54) is 0 Å². The third-order valence-corrected chi connectivity index (χ3v) is 3.84. The van der Waals surface area contributed by atoms with Crippen LogP contribution < -0.4 is 0 Å². The molecule has 0 aliphatic carbocycles. The van der Waals surface area contributed by atoms with Gasteiger partial charge in [0.25, 0.3) is 0 Å². The van der Waals surface area contributed by atoms with E-state index in [-0.39, 0.29) is 28.1 Å². The van der Waals surface area contributed by atoms with E-state index in [9.17, 15) is 15.0 Å². The molecule has 2 amide bonds. The zero-order chi connectivity index (χ0) is 13.7. The molecule has 2 N–H and O–H groups in total. The van der Waals surface area contributed by atoms with Crippen LogP contribution in [-0.2, 0) is 0 Å². The van der Waals surface area contributed by atoms with E-state index in [1.807, 2.05) is 14.1 Å². The summed E-state index contributed by atoms with van der Waals surface area (Å²) >= 11 is 0. The number of quaternary nitrogens is 1. The molecule has 1 fully saturated rings. The lowest BCUT2D eigenvalue weighted by molar-refractivity contribution is -0.831. The van der Waals surface area contributed by atoms with Gasteiger partial charge in [-0.25, -0.2) is 9.28 Å². The summed E-state index contributed by atoms with van der Waals surface area (Å²) in [6.45, 7) is 2.22. The van der Waals surface area contributed by atoms with Crippen molar-refractivity contribution >= 4 is 6.03 Å². The van der Waals surface area contributed by atoms with Crippen LogP contribution in [0.15, 0.2) is 12.1 Å². The van der Waals surface area contributed by atoms with Crippen LogP contribution in [0.2, 0.25) is 0 Å². The molecule has 1 saturated heterocycles. The fourth-order valence-corrected chi connectivity index (χ4v) is 2.54. The van der Waals surface area contributed by atoms with Crippen LogP contribution in [-0.4, -0.2) is 53.3 Å². The number of benzene rings is 1. The highest BCUT2D eigenvalue weighted by molar-refractivity contribution is 5.69. The number of urea groups is 1. The van der Waals surface area contributed by atoms with Crippen molar-refractivity contribution in [3.8, 4) is 11.5 Å². The first-order valence-electron chi connectivity index (χ1n) is 5.87. The average Bonchev–Trinajstić information content (AvgIpc) is 2.51. The number of rotatable bonds is 1. The Kier molecular flexibility index (Phi) is 2.74. The standard InChI is InChI=1S/C13H18N2O3/c1-8-11(16)6-5-9(12(8)17)10-7-14(2)13(18)15(10,3)4/h5-6,10H,7H2,1-4H3,(H-,16,17)/p+1. The van der Waals surface area contributed by atoms with Crippen molar-refractivity contribution in [2.24, 2.45) is 0 Å². The predicted octanol–water partition coefficient (Wildman–Crippen LogP) is 1.59. The number of hydrogen-bond donors (Lipinski definition) is 2. The first kappa shape index (κ1) is 12.7. The third kappa shape index (κ3) is 1.62. The van der Waals surface area contributed by atoms with E-state index in [0.717, 1.165) is 0 Å². The molecule has 2 rings (SSSR count). The van der Waals surface area contributed by atoms with Crippen LogP contribution >= 0.6 is 0 Å². The summed E-state index contributed by atoms with van der Waals surface area (Å²) in [7, 11) is 5.42. The summed E-state index contributed by atoms with van der Waals surface area (Å²) in [4.78, 5) is 13.7. The SMILES string of the molecule is Cc1c(O)ccc(C2CN(C)C(=O)[N+]2(C)C)c1O. The maximum atomic E-state index is 12.0. The van der Waals surface area contributed by atoms with Crippen molar-refractivity contribution in [3.05, 3.63) is 23.3 Å². The number of carbonyl (C=O) groups is 1. The molecule has 1 aromatic rings. The maximum Gasteiger partial charge on any atom is 0.419 e. The molecule has 0 radical (unpaired) electrons. The molecule has 0 spiro atoms. The molecule has 1 aliphatic heterocycles. The van der Waals surface area contributed by atoms with Crippen molar-refractivity contribution in [2.45, 2.75) is 13.0 Å². The quantitative estimate of drug-likeness (QED) is 0.745. The second kappa shape index (κ2) is 3.88. The number of carbonyl (C=O) groups excluding carboxylic acids is 1. The largest absolute Gasteiger partial charge is 0.508 e. The molecule has 0 bridgehead atoms. The molecular weight excluding hydrogens is 232 g/mol. The molecule has 5 nitrogen and oxygen atoms in total. The molecule has 1 heterocycles. The number of phenolic OH excluding ortho intramolecular Hbond substituents is 2. The highest BCUT2D eigenvalue weighted by atomic mass is 16.3. The predicted molar refractivity (Wildman–Crippen MR) is 67.4 cm³/mol. The smallest absolute Gasteiger partial charge is 0.419 e. The number of aromatic hydroxyl groups is 2. The minimum Gasteiger partial charge on any atom is -0.508 e. The van der Waals surface area contributed by atoms with E-state index in [1.54, 1.807) is 31.0 Å². The lowest BCUT2D eigenvalue weighted by Gasteiger charge is -2.27. The van der Waals surface area contributed by atoms with Gasteiger partial charge >= 0.3 is 6.03 Å². The summed E-state index contributed by atoms with van der Waals surface area (Å²) in [6.07, 6.45) is 0. The molecule has 1 aliphatic rings. The Morgan fingerprint density at radius 3 is 2.44 bits per heavy atom. The average molecular weight is 251 g/mol. The molecule has 1 aromatic carbocycles. The molecule has 0 aromatic heterocycles. The van der Waals surface area contributed by atoms with Crippen LogP contribution in [0, 0.1) is 6.92 Å². The van der Waals surface area contributed by atoms with E-state index in [2.05, 4.69) is 0 Å². The Labute approximate surface area is 106 Å². The zero-order valence-corrected chi connectivity index (χ0v) is 11.1. The fourth-order valence-electron chi connectivity index (χ4n) is 2.54. The second-order valence-corrected chi connectivity index (χ2v) is 5.37.